The third-order valence-corrected chi connectivity index (χ3v) is 6.40. The Hall–Kier alpha value is -2.34. The molecule has 2 amide bonds. The first-order valence-corrected chi connectivity index (χ1v) is 11.0. The Morgan fingerprint density at radius 3 is 2.76 bits per heavy atom. The van der Waals surface area contributed by atoms with Crippen molar-refractivity contribution in [2.24, 2.45) is 0 Å². The molecule has 0 atom stereocenters. The maximum atomic E-state index is 12.3. The molecule has 0 saturated carbocycles. The molecule has 0 aliphatic carbocycles. The van der Waals surface area contributed by atoms with Gasteiger partial charge in [0.2, 0.25) is 11.8 Å². The van der Waals surface area contributed by atoms with E-state index in [4.69, 9.17) is 0 Å². The summed E-state index contributed by atoms with van der Waals surface area (Å²) in [5.41, 5.74) is 3.96. The van der Waals surface area contributed by atoms with Crippen molar-refractivity contribution in [3.05, 3.63) is 35.5 Å². The first-order chi connectivity index (χ1) is 14.1. The Morgan fingerprint density at radius 2 is 2.00 bits per heavy atom. The molecular weight excluding hydrogens is 364 g/mol. The lowest BCUT2D eigenvalue weighted by Gasteiger charge is -2.31. The standard InChI is InChI=1S/C23H32N4O2/c1-17-23(19-6-2-3-7-20(19)25-17)18-9-14-26(15-10-18)16-21(28)24-11-5-13-27-12-4-8-22(27)29/h2-3,6-7,18,25H,4-5,8-16H2,1H3,(H,24,28). The van der Waals surface area contributed by atoms with Gasteiger partial charge in [0.15, 0.2) is 0 Å². The third kappa shape index (κ3) is 4.64. The fourth-order valence-electron chi connectivity index (χ4n) is 4.90. The summed E-state index contributed by atoms with van der Waals surface area (Å²) in [6.07, 6.45) is 4.67. The summed E-state index contributed by atoms with van der Waals surface area (Å²) in [4.78, 5) is 31.6. The van der Waals surface area contributed by atoms with E-state index in [1.807, 2.05) is 4.90 Å². The van der Waals surface area contributed by atoms with E-state index in [9.17, 15) is 9.59 Å². The topological polar surface area (TPSA) is 68.4 Å². The zero-order valence-electron chi connectivity index (χ0n) is 17.4. The number of amides is 2. The Kier molecular flexibility index (Phi) is 6.19. The summed E-state index contributed by atoms with van der Waals surface area (Å²) >= 11 is 0. The number of nitrogens with zero attached hydrogens (tertiary/aromatic N) is 2. The summed E-state index contributed by atoms with van der Waals surface area (Å²) in [5, 5.41) is 4.36. The molecule has 0 bridgehead atoms. The fraction of sp³-hybridized carbons (Fsp3) is 0.565. The normalized spacial score (nSPS) is 18.7. The number of carbonyl (C=O) groups excluding carboxylic acids is 2. The molecule has 4 rings (SSSR count). The summed E-state index contributed by atoms with van der Waals surface area (Å²) in [5.74, 6) is 0.910. The predicted octanol–water partition coefficient (Wildman–Crippen LogP) is 2.78. The molecule has 2 saturated heterocycles. The number of nitrogens with one attached hydrogen (secondary N) is 2. The second kappa shape index (κ2) is 8.99. The lowest BCUT2D eigenvalue weighted by molar-refractivity contribution is -0.127. The van der Waals surface area contributed by atoms with Crippen molar-refractivity contribution in [2.75, 3.05) is 39.3 Å². The minimum Gasteiger partial charge on any atom is -0.358 e. The van der Waals surface area contributed by atoms with Crippen molar-refractivity contribution in [1.82, 2.24) is 20.1 Å². The van der Waals surface area contributed by atoms with Crippen LogP contribution in [0.5, 0.6) is 0 Å². The number of carbonyl (C=O) groups is 2. The number of aromatic nitrogens is 1. The van der Waals surface area contributed by atoms with E-state index in [2.05, 4.69) is 46.4 Å². The highest BCUT2D eigenvalue weighted by atomic mass is 16.2. The number of hydrogen-bond acceptors (Lipinski definition) is 3. The summed E-state index contributed by atoms with van der Waals surface area (Å²) in [6.45, 7) is 6.84. The number of hydrogen-bond donors (Lipinski definition) is 2. The van der Waals surface area contributed by atoms with Crippen LogP contribution in [0, 0.1) is 6.92 Å². The summed E-state index contributed by atoms with van der Waals surface area (Å²) < 4.78 is 0. The van der Waals surface area contributed by atoms with E-state index in [-0.39, 0.29) is 11.8 Å². The second-order valence-corrected chi connectivity index (χ2v) is 8.45. The molecule has 2 N–H and O–H groups in total. The Bertz CT molecular complexity index is 867. The van der Waals surface area contributed by atoms with Crippen LogP contribution in [0.1, 0.15) is 49.3 Å². The first-order valence-electron chi connectivity index (χ1n) is 11.0. The first kappa shape index (κ1) is 20.0. The van der Waals surface area contributed by atoms with Gasteiger partial charge in [-0.2, -0.15) is 0 Å². The van der Waals surface area contributed by atoms with Crippen LogP contribution < -0.4 is 5.32 Å². The van der Waals surface area contributed by atoms with Gasteiger partial charge in [0.1, 0.15) is 0 Å². The van der Waals surface area contributed by atoms with Gasteiger partial charge in [0.25, 0.3) is 0 Å². The highest BCUT2D eigenvalue weighted by Gasteiger charge is 2.25. The number of aryl methyl sites for hydroxylation is 1. The lowest BCUT2D eigenvalue weighted by atomic mass is 9.87. The van der Waals surface area contributed by atoms with E-state index < -0.39 is 0 Å². The summed E-state index contributed by atoms with van der Waals surface area (Å²) in [6, 6.07) is 8.54. The Labute approximate surface area is 172 Å². The minimum absolute atomic E-state index is 0.0967. The zero-order valence-corrected chi connectivity index (χ0v) is 17.4. The number of benzene rings is 1. The molecular formula is C23H32N4O2. The van der Waals surface area contributed by atoms with E-state index in [1.54, 1.807) is 0 Å². The molecule has 0 radical (unpaired) electrons. The number of H-pyrrole nitrogens is 1. The smallest absolute Gasteiger partial charge is 0.234 e. The van der Waals surface area contributed by atoms with Gasteiger partial charge < -0.3 is 15.2 Å². The van der Waals surface area contributed by atoms with Gasteiger partial charge >= 0.3 is 0 Å². The van der Waals surface area contributed by atoms with Gasteiger partial charge in [0, 0.05) is 42.7 Å². The largest absolute Gasteiger partial charge is 0.358 e. The zero-order chi connectivity index (χ0) is 20.2. The molecule has 29 heavy (non-hydrogen) atoms. The molecule has 2 aliphatic heterocycles. The van der Waals surface area contributed by atoms with Crippen LogP contribution in [-0.2, 0) is 9.59 Å². The molecule has 0 unspecified atom stereocenters. The van der Waals surface area contributed by atoms with E-state index in [0.29, 0.717) is 25.4 Å². The molecule has 1 aromatic heterocycles. The van der Waals surface area contributed by atoms with Gasteiger partial charge in [-0.15, -0.1) is 0 Å². The van der Waals surface area contributed by atoms with Crippen molar-refractivity contribution in [1.29, 1.82) is 0 Å². The van der Waals surface area contributed by atoms with Crippen LogP contribution >= 0.6 is 0 Å². The second-order valence-electron chi connectivity index (χ2n) is 8.45. The van der Waals surface area contributed by atoms with E-state index >= 15 is 0 Å². The number of para-hydroxylation sites is 1. The van der Waals surface area contributed by atoms with Crippen molar-refractivity contribution in [3.63, 3.8) is 0 Å². The molecule has 3 heterocycles. The van der Waals surface area contributed by atoms with Gasteiger partial charge in [-0.25, -0.2) is 0 Å². The van der Waals surface area contributed by atoms with Crippen LogP contribution in [0.3, 0.4) is 0 Å². The fourth-order valence-corrected chi connectivity index (χ4v) is 4.90. The maximum absolute atomic E-state index is 12.3. The number of aromatic amines is 1. The average Bonchev–Trinajstić information content (AvgIpc) is 3.28. The van der Waals surface area contributed by atoms with Crippen LogP contribution in [0.15, 0.2) is 24.3 Å². The Morgan fingerprint density at radius 1 is 1.21 bits per heavy atom. The lowest BCUT2D eigenvalue weighted by Crippen LogP contribution is -2.41. The van der Waals surface area contributed by atoms with Gasteiger partial charge in [-0.3, -0.25) is 14.5 Å². The van der Waals surface area contributed by atoms with Crippen molar-refractivity contribution >= 4 is 22.7 Å². The highest BCUT2D eigenvalue weighted by Crippen LogP contribution is 2.35. The quantitative estimate of drug-likeness (QED) is 0.707. The molecule has 6 nitrogen and oxygen atoms in total. The van der Waals surface area contributed by atoms with Crippen LogP contribution in [-0.4, -0.2) is 65.9 Å². The predicted molar refractivity (Wildman–Crippen MR) is 115 cm³/mol. The van der Waals surface area contributed by atoms with Gasteiger partial charge in [-0.05, 0) is 63.2 Å². The van der Waals surface area contributed by atoms with Gasteiger partial charge in [-0.1, -0.05) is 18.2 Å². The molecule has 2 aliphatic rings. The molecule has 156 valence electrons. The Balaban J connectivity index is 1.20. The van der Waals surface area contributed by atoms with Crippen molar-refractivity contribution < 1.29 is 9.59 Å². The number of rotatable bonds is 7. The van der Waals surface area contributed by atoms with Gasteiger partial charge in [0.05, 0.1) is 6.54 Å². The minimum atomic E-state index is 0.0967. The van der Waals surface area contributed by atoms with Crippen LogP contribution in [0.4, 0.5) is 0 Å². The number of piperidine rings is 1. The van der Waals surface area contributed by atoms with E-state index in [0.717, 1.165) is 51.9 Å². The van der Waals surface area contributed by atoms with Crippen molar-refractivity contribution in [2.45, 2.75) is 44.9 Å². The van der Waals surface area contributed by atoms with Crippen LogP contribution in [0.2, 0.25) is 0 Å². The third-order valence-electron chi connectivity index (χ3n) is 6.40. The van der Waals surface area contributed by atoms with Crippen LogP contribution in [0.25, 0.3) is 10.9 Å². The highest BCUT2D eigenvalue weighted by molar-refractivity contribution is 5.85. The molecule has 2 fully saturated rings. The molecule has 2 aromatic rings. The maximum Gasteiger partial charge on any atom is 0.234 e. The SMILES string of the molecule is Cc1[nH]c2ccccc2c1C1CCN(CC(=O)NCCCN2CCCC2=O)CC1. The van der Waals surface area contributed by atoms with Crippen molar-refractivity contribution in [3.8, 4) is 0 Å². The monoisotopic (exact) mass is 396 g/mol. The summed E-state index contributed by atoms with van der Waals surface area (Å²) in [7, 11) is 0. The number of fused-ring (bicyclic) bond motifs is 1. The number of likely N-dealkylation sites (tertiary alicyclic amines) is 2. The molecule has 0 spiro atoms. The molecule has 6 heteroatoms. The van der Waals surface area contributed by atoms with E-state index in [1.165, 1.54) is 22.2 Å². The molecule has 1 aromatic carbocycles. The average molecular weight is 397 g/mol.